The van der Waals surface area contributed by atoms with E-state index in [1.165, 1.54) is 12.1 Å². The third-order valence-corrected chi connectivity index (χ3v) is 3.50. The molecule has 0 atom stereocenters. The summed E-state index contributed by atoms with van der Waals surface area (Å²) in [4.78, 5) is 27.9. The number of aromatic carboxylic acids is 2. The minimum atomic E-state index is -1.26. The van der Waals surface area contributed by atoms with E-state index in [2.05, 4.69) is 9.97 Å². The minimum Gasteiger partial charge on any atom is -0.476 e. The molecule has 0 unspecified atom stereocenters. The molecule has 0 aliphatic carbocycles. The Hall–Kier alpha value is -2.00. The summed E-state index contributed by atoms with van der Waals surface area (Å²) in [6, 6.07) is 2.58. The molecule has 0 aliphatic rings. The van der Waals surface area contributed by atoms with Crippen molar-refractivity contribution in [3.05, 3.63) is 43.9 Å². The van der Waals surface area contributed by atoms with Crippen LogP contribution in [-0.2, 0) is 0 Å². The quantitative estimate of drug-likeness (QED) is 0.546. The maximum absolute atomic E-state index is 10.5. The maximum atomic E-state index is 10.5. The average Bonchev–Trinajstić information content (AvgIpc) is 2.46. The van der Waals surface area contributed by atoms with Crippen molar-refractivity contribution in [2.45, 2.75) is 0 Å². The highest BCUT2D eigenvalue weighted by molar-refractivity contribution is 6.37. The third kappa shape index (κ3) is 5.00. The standard InChI is InChI=1S/2C6H4Cl2N2O2/c2*7-3-1-2(9)4(8)5(10-3)6(11)12/h2*1H,(H2,9,10)(H,11,12). The van der Waals surface area contributed by atoms with Crippen LogP contribution in [0.3, 0.4) is 0 Å². The van der Waals surface area contributed by atoms with Crippen molar-refractivity contribution in [2.24, 2.45) is 0 Å². The first-order valence-corrected chi connectivity index (χ1v) is 7.25. The SMILES string of the molecule is Nc1cc(Cl)nc(C(=O)O)c1Cl.Nc1cc(Cl)nc(C(=O)O)c1Cl. The Morgan fingerprint density at radius 2 is 1.08 bits per heavy atom. The molecule has 8 nitrogen and oxygen atoms in total. The number of carboxylic acid groups (broad SMARTS) is 2. The summed E-state index contributed by atoms with van der Waals surface area (Å²) in [5.41, 5.74) is 10.2. The zero-order valence-corrected chi connectivity index (χ0v) is 14.5. The van der Waals surface area contributed by atoms with Crippen LogP contribution < -0.4 is 11.5 Å². The predicted molar refractivity (Wildman–Crippen MR) is 91.3 cm³/mol. The first-order chi connectivity index (χ1) is 11.0. The number of rotatable bonds is 2. The summed E-state index contributed by atoms with van der Waals surface area (Å²) in [5.74, 6) is -2.51. The van der Waals surface area contributed by atoms with E-state index in [0.717, 1.165) is 0 Å². The zero-order valence-electron chi connectivity index (χ0n) is 11.4. The van der Waals surface area contributed by atoms with E-state index in [9.17, 15) is 9.59 Å². The van der Waals surface area contributed by atoms with E-state index in [1.54, 1.807) is 0 Å². The second-order valence-electron chi connectivity index (χ2n) is 4.00. The van der Waals surface area contributed by atoms with E-state index < -0.39 is 11.9 Å². The van der Waals surface area contributed by atoms with Crippen molar-refractivity contribution in [3.8, 4) is 0 Å². The lowest BCUT2D eigenvalue weighted by atomic mass is 10.3. The Bertz CT molecular complexity index is 749. The fourth-order valence-corrected chi connectivity index (χ4v) is 2.08. The van der Waals surface area contributed by atoms with Crippen LogP contribution in [0.25, 0.3) is 0 Å². The lowest BCUT2D eigenvalue weighted by molar-refractivity contribution is 0.0680. The van der Waals surface area contributed by atoms with Crippen LogP contribution in [0, 0.1) is 0 Å². The molecule has 2 heterocycles. The van der Waals surface area contributed by atoms with Gasteiger partial charge in [0, 0.05) is 0 Å². The Labute approximate surface area is 154 Å². The number of carbonyl (C=O) groups is 2. The summed E-state index contributed by atoms with van der Waals surface area (Å²) in [5, 5.41) is 16.9. The molecular weight excluding hydrogens is 406 g/mol. The van der Waals surface area contributed by atoms with E-state index in [-0.39, 0.29) is 43.1 Å². The van der Waals surface area contributed by atoms with Gasteiger partial charge in [-0.15, -0.1) is 0 Å². The lowest BCUT2D eigenvalue weighted by Crippen LogP contribution is -2.03. The number of hydrogen-bond acceptors (Lipinski definition) is 6. The molecule has 6 N–H and O–H groups in total. The van der Waals surface area contributed by atoms with Gasteiger partial charge in [0.15, 0.2) is 11.4 Å². The number of pyridine rings is 2. The van der Waals surface area contributed by atoms with Crippen LogP contribution in [-0.4, -0.2) is 32.1 Å². The van der Waals surface area contributed by atoms with E-state index in [1.807, 2.05) is 0 Å². The van der Waals surface area contributed by atoms with Crippen molar-refractivity contribution in [1.29, 1.82) is 0 Å². The van der Waals surface area contributed by atoms with Crippen LogP contribution in [0.15, 0.2) is 12.1 Å². The smallest absolute Gasteiger partial charge is 0.356 e. The summed E-state index contributed by atoms with van der Waals surface area (Å²) in [6.45, 7) is 0. The molecule has 24 heavy (non-hydrogen) atoms. The lowest BCUT2D eigenvalue weighted by Gasteiger charge is -2.01. The molecule has 0 saturated carbocycles. The average molecular weight is 414 g/mol. The number of anilines is 2. The zero-order chi connectivity index (χ0) is 18.6. The van der Waals surface area contributed by atoms with Crippen LogP contribution in [0.4, 0.5) is 11.4 Å². The van der Waals surface area contributed by atoms with Gasteiger partial charge in [-0.1, -0.05) is 46.4 Å². The summed E-state index contributed by atoms with van der Waals surface area (Å²) in [7, 11) is 0. The number of nitrogen functional groups attached to an aromatic ring is 2. The topological polar surface area (TPSA) is 152 Å². The number of aromatic nitrogens is 2. The molecular formula is C12H8Cl4N4O4. The molecule has 2 aromatic heterocycles. The normalized spacial score (nSPS) is 9.83. The molecule has 128 valence electrons. The van der Waals surface area contributed by atoms with Crippen molar-refractivity contribution < 1.29 is 19.8 Å². The molecule has 2 aromatic rings. The fraction of sp³-hybridized carbons (Fsp3) is 0. The Morgan fingerprint density at radius 3 is 1.33 bits per heavy atom. The Balaban J connectivity index is 0.000000240. The molecule has 0 aromatic carbocycles. The van der Waals surface area contributed by atoms with Gasteiger partial charge in [-0.25, -0.2) is 19.6 Å². The van der Waals surface area contributed by atoms with Gasteiger partial charge in [0.1, 0.15) is 10.3 Å². The van der Waals surface area contributed by atoms with Crippen LogP contribution in [0.1, 0.15) is 21.0 Å². The van der Waals surface area contributed by atoms with Crippen LogP contribution in [0.5, 0.6) is 0 Å². The monoisotopic (exact) mass is 412 g/mol. The molecule has 0 radical (unpaired) electrons. The van der Waals surface area contributed by atoms with Gasteiger partial charge >= 0.3 is 11.9 Å². The second kappa shape index (κ2) is 8.20. The van der Waals surface area contributed by atoms with Crippen molar-refractivity contribution in [3.63, 3.8) is 0 Å². The van der Waals surface area contributed by atoms with Gasteiger partial charge in [-0.2, -0.15) is 0 Å². The van der Waals surface area contributed by atoms with Crippen LogP contribution >= 0.6 is 46.4 Å². The molecule has 2 rings (SSSR count). The number of carboxylic acids is 2. The third-order valence-electron chi connectivity index (χ3n) is 2.31. The predicted octanol–water partition coefficient (Wildman–Crippen LogP) is 3.34. The first kappa shape index (κ1) is 20.0. The molecule has 0 saturated heterocycles. The summed E-state index contributed by atoms with van der Waals surface area (Å²) < 4.78 is 0. The minimum absolute atomic E-state index is 0.00861. The number of nitrogens with two attached hydrogens (primary N) is 2. The highest BCUT2D eigenvalue weighted by Crippen LogP contribution is 2.25. The van der Waals surface area contributed by atoms with Crippen molar-refractivity contribution in [2.75, 3.05) is 11.5 Å². The molecule has 12 heteroatoms. The van der Waals surface area contributed by atoms with Crippen molar-refractivity contribution in [1.82, 2.24) is 9.97 Å². The molecule has 0 spiro atoms. The molecule has 0 aliphatic heterocycles. The van der Waals surface area contributed by atoms with E-state index in [0.29, 0.717) is 0 Å². The van der Waals surface area contributed by atoms with Crippen LogP contribution in [0.2, 0.25) is 20.4 Å². The number of nitrogens with zero attached hydrogens (tertiary/aromatic N) is 2. The van der Waals surface area contributed by atoms with Gasteiger partial charge in [0.2, 0.25) is 0 Å². The Morgan fingerprint density at radius 1 is 0.792 bits per heavy atom. The fourth-order valence-electron chi connectivity index (χ4n) is 1.32. The van der Waals surface area contributed by atoms with Crippen molar-refractivity contribution >= 4 is 69.7 Å². The van der Waals surface area contributed by atoms with E-state index >= 15 is 0 Å². The number of halogens is 4. The second-order valence-corrected chi connectivity index (χ2v) is 5.53. The van der Waals surface area contributed by atoms with Gasteiger partial charge in [-0.3, -0.25) is 0 Å². The first-order valence-electron chi connectivity index (χ1n) is 5.74. The van der Waals surface area contributed by atoms with Gasteiger partial charge < -0.3 is 21.7 Å². The summed E-state index contributed by atoms with van der Waals surface area (Å²) >= 11 is 22.0. The molecule has 0 fully saturated rings. The molecule has 0 amide bonds. The summed E-state index contributed by atoms with van der Waals surface area (Å²) in [6.07, 6.45) is 0. The largest absolute Gasteiger partial charge is 0.476 e. The molecule has 0 bridgehead atoms. The van der Waals surface area contributed by atoms with Gasteiger partial charge in [0.25, 0.3) is 0 Å². The van der Waals surface area contributed by atoms with Gasteiger partial charge in [0.05, 0.1) is 21.4 Å². The Kier molecular flexibility index (Phi) is 6.85. The highest BCUT2D eigenvalue weighted by Gasteiger charge is 2.14. The van der Waals surface area contributed by atoms with E-state index in [4.69, 9.17) is 68.1 Å². The highest BCUT2D eigenvalue weighted by atomic mass is 35.5. The van der Waals surface area contributed by atoms with Gasteiger partial charge in [-0.05, 0) is 12.1 Å². The number of hydrogen-bond donors (Lipinski definition) is 4. The maximum Gasteiger partial charge on any atom is 0.356 e.